The lowest BCUT2D eigenvalue weighted by Gasteiger charge is -2.36. The molecule has 2 N–H and O–H groups in total. The van der Waals surface area contributed by atoms with Gasteiger partial charge in [-0.25, -0.2) is 9.78 Å². The van der Waals surface area contributed by atoms with Crippen LogP contribution in [-0.4, -0.2) is 27.9 Å². The molecule has 0 bridgehead atoms. The first-order valence-electron chi connectivity index (χ1n) is 12.6. The molecule has 38 heavy (non-hydrogen) atoms. The van der Waals surface area contributed by atoms with Crippen LogP contribution in [0.15, 0.2) is 114 Å². The van der Waals surface area contributed by atoms with E-state index in [0.717, 1.165) is 42.4 Å². The van der Waals surface area contributed by atoms with Crippen molar-refractivity contribution in [1.82, 2.24) is 4.98 Å². The number of aromatic nitrogens is 1. The molecule has 0 atom stereocenters. The van der Waals surface area contributed by atoms with Gasteiger partial charge in [0.1, 0.15) is 17.3 Å². The Hall–Kier alpha value is -4.23. The molecule has 0 saturated heterocycles. The van der Waals surface area contributed by atoms with Crippen LogP contribution in [0.5, 0.6) is 0 Å². The molecule has 1 aliphatic carbocycles. The van der Waals surface area contributed by atoms with E-state index in [-0.39, 0.29) is 17.5 Å². The third-order valence-electron chi connectivity index (χ3n) is 6.80. The minimum Gasteiger partial charge on any atom is -0.476 e. The van der Waals surface area contributed by atoms with E-state index in [2.05, 4.69) is 58.4 Å². The number of hydrogen-bond donors (Lipinski definition) is 2. The first kappa shape index (κ1) is 25.4. The molecule has 1 fully saturated rings. The van der Waals surface area contributed by atoms with Crippen LogP contribution in [0.1, 0.15) is 48.1 Å². The lowest BCUT2D eigenvalue weighted by atomic mass is 9.77. The third-order valence-corrected chi connectivity index (χ3v) is 7.55. The van der Waals surface area contributed by atoms with E-state index in [0.29, 0.717) is 5.13 Å². The Morgan fingerprint density at radius 3 is 1.89 bits per heavy atom. The predicted octanol–water partition coefficient (Wildman–Crippen LogP) is 6.85. The maximum absolute atomic E-state index is 12.1. The molecule has 0 spiro atoms. The van der Waals surface area contributed by atoms with Gasteiger partial charge in [-0.05, 0) is 42.4 Å². The molecular weight excluding hydrogens is 494 g/mol. The van der Waals surface area contributed by atoms with Crippen molar-refractivity contribution in [2.75, 3.05) is 5.32 Å². The second kappa shape index (κ2) is 11.4. The van der Waals surface area contributed by atoms with Gasteiger partial charge in [-0.2, -0.15) is 0 Å². The average Bonchev–Trinajstić information content (AvgIpc) is 3.42. The summed E-state index contributed by atoms with van der Waals surface area (Å²) in [6, 6.07) is 30.5. The number of carboxylic acids is 1. The highest BCUT2D eigenvalue weighted by molar-refractivity contribution is 7.14. The van der Waals surface area contributed by atoms with Crippen LogP contribution >= 0.6 is 11.3 Å². The fraction of sp³-hybridized carbons (Fsp3) is 0.194. The molecule has 3 aromatic carbocycles. The summed E-state index contributed by atoms with van der Waals surface area (Å²) < 4.78 is 0. The summed E-state index contributed by atoms with van der Waals surface area (Å²) >= 11 is 1.33. The largest absolute Gasteiger partial charge is 0.476 e. The number of oxime groups is 1. The Bertz CT molecular complexity index is 1310. The molecule has 1 heterocycles. The van der Waals surface area contributed by atoms with Crippen LogP contribution in [-0.2, 0) is 15.2 Å². The number of allylic oxidation sites excluding steroid dienone is 1. The van der Waals surface area contributed by atoms with E-state index < -0.39 is 11.5 Å². The standard InChI is InChI=1S/C31H29N3O3S/c1-22-17-19-26(20-18-22)37-34-28(29(35)36)27-21-38-30(32-27)33-31(23-11-5-2-6-12-23,24-13-7-3-8-14-24)25-15-9-4-10-16-25/h2-16,21,26H,1,17-20H2,(H,32,33)(H,35,36). The van der Waals surface area contributed by atoms with Gasteiger partial charge in [-0.1, -0.05) is 108 Å². The van der Waals surface area contributed by atoms with Crippen molar-refractivity contribution in [2.24, 2.45) is 5.16 Å². The van der Waals surface area contributed by atoms with Gasteiger partial charge >= 0.3 is 5.97 Å². The fourth-order valence-corrected chi connectivity index (χ4v) is 5.56. The number of aliphatic carboxylic acids is 1. The van der Waals surface area contributed by atoms with Gasteiger partial charge in [-0.15, -0.1) is 11.3 Å². The molecule has 1 saturated carbocycles. The molecule has 5 rings (SSSR count). The lowest BCUT2D eigenvalue weighted by molar-refractivity contribution is -0.129. The molecule has 1 aromatic heterocycles. The molecular formula is C31H29N3O3S. The maximum atomic E-state index is 12.1. The minimum absolute atomic E-state index is 0.118. The van der Waals surface area contributed by atoms with Gasteiger partial charge in [0.2, 0.25) is 5.71 Å². The molecule has 0 unspecified atom stereocenters. The number of hydrogen-bond acceptors (Lipinski definition) is 6. The van der Waals surface area contributed by atoms with Crippen molar-refractivity contribution in [3.8, 4) is 0 Å². The molecule has 6 nitrogen and oxygen atoms in total. The summed E-state index contributed by atoms with van der Waals surface area (Å²) in [5.74, 6) is -1.18. The Labute approximate surface area is 226 Å². The molecule has 0 radical (unpaired) electrons. The zero-order valence-corrected chi connectivity index (χ0v) is 21.7. The van der Waals surface area contributed by atoms with Crippen molar-refractivity contribution in [1.29, 1.82) is 0 Å². The van der Waals surface area contributed by atoms with Gasteiger partial charge in [0, 0.05) is 5.38 Å². The van der Waals surface area contributed by atoms with E-state index in [1.54, 1.807) is 5.38 Å². The summed E-state index contributed by atoms with van der Waals surface area (Å²) in [5.41, 5.74) is 3.58. The van der Waals surface area contributed by atoms with Gasteiger partial charge in [-0.3, -0.25) is 0 Å². The highest BCUT2D eigenvalue weighted by Crippen LogP contribution is 2.40. The minimum atomic E-state index is -1.18. The van der Waals surface area contributed by atoms with Gasteiger partial charge in [0.15, 0.2) is 5.13 Å². The van der Waals surface area contributed by atoms with Crippen LogP contribution in [0.25, 0.3) is 0 Å². The normalized spacial score (nSPS) is 14.7. The van der Waals surface area contributed by atoms with E-state index in [4.69, 9.17) is 4.84 Å². The zero-order valence-electron chi connectivity index (χ0n) is 20.9. The number of carboxylic acid groups (broad SMARTS) is 1. The summed E-state index contributed by atoms with van der Waals surface area (Å²) in [5, 5.41) is 19.9. The molecule has 0 aliphatic heterocycles. The predicted molar refractivity (Wildman–Crippen MR) is 152 cm³/mol. The second-order valence-electron chi connectivity index (χ2n) is 9.31. The zero-order chi connectivity index (χ0) is 26.4. The number of rotatable bonds is 9. The van der Waals surface area contributed by atoms with Gasteiger partial charge in [0.05, 0.1) is 0 Å². The smallest absolute Gasteiger partial charge is 0.360 e. The summed E-state index contributed by atoms with van der Waals surface area (Å²) in [7, 11) is 0. The van der Waals surface area contributed by atoms with Crippen LogP contribution in [0.4, 0.5) is 5.13 Å². The van der Waals surface area contributed by atoms with Crippen molar-refractivity contribution >= 4 is 28.1 Å². The van der Waals surface area contributed by atoms with Crippen LogP contribution < -0.4 is 5.32 Å². The van der Waals surface area contributed by atoms with E-state index in [9.17, 15) is 9.90 Å². The highest BCUT2D eigenvalue weighted by atomic mass is 32.1. The van der Waals surface area contributed by atoms with Crippen molar-refractivity contribution in [3.05, 3.63) is 131 Å². The van der Waals surface area contributed by atoms with Gasteiger partial charge in [0.25, 0.3) is 0 Å². The number of thiazole rings is 1. The fourth-order valence-electron chi connectivity index (χ4n) is 4.81. The summed E-state index contributed by atoms with van der Waals surface area (Å²) in [6.45, 7) is 4.02. The number of carbonyl (C=O) groups is 1. The second-order valence-corrected chi connectivity index (χ2v) is 10.2. The van der Waals surface area contributed by atoms with Crippen molar-refractivity contribution < 1.29 is 14.7 Å². The third kappa shape index (κ3) is 5.38. The van der Waals surface area contributed by atoms with Crippen LogP contribution in [0, 0.1) is 0 Å². The summed E-state index contributed by atoms with van der Waals surface area (Å²) in [6.07, 6.45) is 3.19. The number of anilines is 1. The summed E-state index contributed by atoms with van der Waals surface area (Å²) in [4.78, 5) is 22.4. The number of nitrogens with one attached hydrogen (secondary N) is 1. The van der Waals surface area contributed by atoms with E-state index in [1.165, 1.54) is 16.9 Å². The number of benzene rings is 3. The molecule has 1 aliphatic rings. The molecule has 7 heteroatoms. The first-order valence-corrected chi connectivity index (χ1v) is 13.5. The lowest BCUT2D eigenvalue weighted by Crippen LogP contribution is -2.38. The molecule has 4 aromatic rings. The van der Waals surface area contributed by atoms with E-state index >= 15 is 0 Å². The van der Waals surface area contributed by atoms with Crippen molar-refractivity contribution in [2.45, 2.75) is 37.3 Å². The topological polar surface area (TPSA) is 83.8 Å². The monoisotopic (exact) mass is 523 g/mol. The average molecular weight is 524 g/mol. The van der Waals surface area contributed by atoms with Crippen LogP contribution in [0.2, 0.25) is 0 Å². The maximum Gasteiger partial charge on any atom is 0.360 e. The van der Waals surface area contributed by atoms with Crippen LogP contribution in [0.3, 0.4) is 0 Å². The van der Waals surface area contributed by atoms with Crippen molar-refractivity contribution in [3.63, 3.8) is 0 Å². The molecule has 192 valence electrons. The Balaban J connectivity index is 1.53. The van der Waals surface area contributed by atoms with E-state index in [1.807, 2.05) is 54.6 Å². The Kier molecular flexibility index (Phi) is 7.65. The SMILES string of the molecule is C=C1CCC(ON=C(C(=O)O)c2csc(NC(c3ccccc3)(c3ccccc3)c3ccccc3)n2)CC1. The quantitative estimate of drug-likeness (QED) is 0.108. The first-order chi connectivity index (χ1) is 18.6. The Morgan fingerprint density at radius 2 is 1.42 bits per heavy atom. The van der Waals surface area contributed by atoms with Gasteiger partial charge < -0.3 is 15.3 Å². The number of nitrogens with zero attached hydrogens (tertiary/aromatic N) is 2. The molecule has 0 amide bonds. The Morgan fingerprint density at radius 1 is 0.921 bits per heavy atom. The highest BCUT2D eigenvalue weighted by Gasteiger charge is 2.37.